The highest BCUT2D eigenvalue weighted by atomic mass is 19.1. The van der Waals surface area contributed by atoms with Gasteiger partial charge in [0, 0.05) is 5.56 Å². The average Bonchev–Trinajstić information content (AvgIpc) is 2.08. The van der Waals surface area contributed by atoms with Crippen molar-refractivity contribution in [3.63, 3.8) is 0 Å². The Morgan fingerprint density at radius 2 is 1.85 bits per heavy atom. The van der Waals surface area contributed by atoms with E-state index in [0.717, 1.165) is 18.2 Å². The van der Waals surface area contributed by atoms with Crippen molar-refractivity contribution in [3.8, 4) is 0 Å². The Morgan fingerprint density at radius 3 is 2.38 bits per heavy atom. The predicted molar refractivity (Wildman–Crippen MR) is 43.0 cm³/mol. The molecule has 0 saturated carbocycles. The van der Waals surface area contributed by atoms with Crippen LogP contribution in [0.15, 0.2) is 18.2 Å². The van der Waals surface area contributed by atoms with Gasteiger partial charge in [-0.1, -0.05) is 0 Å². The molecule has 0 fully saturated rings. The van der Waals surface area contributed by atoms with Gasteiger partial charge in [0.25, 0.3) is 0 Å². The van der Waals surface area contributed by atoms with Crippen molar-refractivity contribution < 1.29 is 19.0 Å². The minimum atomic E-state index is -1.39. The summed E-state index contributed by atoms with van der Waals surface area (Å²) in [5, 5.41) is 18.2. The zero-order valence-corrected chi connectivity index (χ0v) is 7.04. The van der Waals surface area contributed by atoms with E-state index < -0.39 is 23.8 Å². The van der Waals surface area contributed by atoms with E-state index in [9.17, 15) is 13.9 Å². The third-order valence-electron chi connectivity index (χ3n) is 1.73. The molecule has 2 N–H and O–H groups in total. The largest absolute Gasteiger partial charge is 0.390 e. The van der Waals surface area contributed by atoms with Crippen molar-refractivity contribution in [2.24, 2.45) is 0 Å². The van der Waals surface area contributed by atoms with Crippen molar-refractivity contribution in [1.82, 2.24) is 0 Å². The van der Waals surface area contributed by atoms with Crippen LogP contribution in [0.5, 0.6) is 0 Å². The van der Waals surface area contributed by atoms with Gasteiger partial charge in [0.2, 0.25) is 0 Å². The second-order valence-electron chi connectivity index (χ2n) is 2.85. The van der Waals surface area contributed by atoms with Gasteiger partial charge in [-0.05, 0) is 25.1 Å². The molecule has 0 spiro atoms. The normalized spacial score (nSPS) is 15.5. The molecule has 2 nitrogen and oxygen atoms in total. The number of hydrogen-bond acceptors (Lipinski definition) is 2. The smallest absolute Gasteiger partial charge is 0.129 e. The van der Waals surface area contributed by atoms with Crippen LogP contribution in [0.25, 0.3) is 0 Å². The molecule has 0 heterocycles. The molecule has 2 atom stereocenters. The van der Waals surface area contributed by atoms with Gasteiger partial charge < -0.3 is 10.2 Å². The lowest BCUT2D eigenvalue weighted by Gasteiger charge is -2.14. The molecule has 0 aliphatic carbocycles. The summed E-state index contributed by atoms with van der Waals surface area (Å²) in [4.78, 5) is 0. The number of aliphatic hydroxyl groups excluding tert-OH is 2. The molecule has 0 aromatic heterocycles. The van der Waals surface area contributed by atoms with Gasteiger partial charge in [0.15, 0.2) is 0 Å². The van der Waals surface area contributed by atoms with Gasteiger partial charge in [0.1, 0.15) is 17.7 Å². The third-order valence-corrected chi connectivity index (χ3v) is 1.73. The minimum absolute atomic E-state index is 0.227. The molecule has 72 valence electrons. The number of benzene rings is 1. The van der Waals surface area contributed by atoms with Crippen LogP contribution in [-0.2, 0) is 0 Å². The Hall–Kier alpha value is -1.00. The second-order valence-corrected chi connectivity index (χ2v) is 2.85. The van der Waals surface area contributed by atoms with Crippen molar-refractivity contribution in [2.45, 2.75) is 19.1 Å². The van der Waals surface area contributed by atoms with E-state index in [0.29, 0.717) is 0 Å². The second kappa shape index (κ2) is 3.81. The topological polar surface area (TPSA) is 40.5 Å². The quantitative estimate of drug-likeness (QED) is 0.736. The Kier molecular flexibility index (Phi) is 2.95. The van der Waals surface area contributed by atoms with Crippen LogP contribution in [-0.4, -0.2) is 16.3 Å². The molecule has 2 unspecified atom stereocenters. The Balaban J connectivity index is 3.05. The molecule has 0 saturated heterocycles. The van der Waals surface area contributed by atoms with Crippen molar-refractivity contribution in [1.29, 1.82) is 0 Å². The van der Waals surface area contributed by atoms with Crippen LogP contribution in [0.1, 0.15) is 18.6 Å². The first-order chi connectivity index (χ1) is 6.02. The molecule has 13 heavy (non-hydrogen) atoms. The van der Waals surface area contributed by atoms with Gasteiger partial charge in [-0.15, -0.1) is 0 Å². The maximum Gasteiger partial charge on any atom is 0.129 e. The zero-order valence-electron chi connectivity index (χ0n) is 7.04. The average molecular weight is 188 g/mol. The van der Waals surface area contributed by atoms with Crippen LogP contribution in [0.3, 0.4) is 0 Å². The number of halogens is 2. The van der Waals surface area contributed by atoms with E-state index >= 15 is 0 Å². The van der Waals surface area contributed by atoms with Gasteiger partial charge in [0.05, 0.1) is 6.10 Å². The Labute approximate surface area is 74.4 Å². The number of rotatable bonds is 2. The van der Waals surface area contributed by atoms with Crippen LogP contribution >= 0.6 is 0 Å². The summed E-state index contributed by atoms with van der Waals surface area (Å²) in [5.74, 6) is -1.37. The van der Waals surface area contributed by atoms with Gasteiger partial charge in [-0.3, -0.25) is 0 Å². The highest BCUT2D eigenvalue weighted by molar-refractivity contribution is 5.21. The lowest BCUT2D eigenvalue weighted by Crippen LogP contribution is -2.15. The lowest BCUT2D eigenvalue weighted by molar-refractivity contribution is 0.0281. The third kappa shape index (κ3) is 2.23. The van der Waals surface area contributed by atoms with E-state index in [1.165, 1.54) is 6.92 Å². The highest BCUT2D eigenvalue weighted by Gasteiger charge is 2.18. The Morgan fingerprint density at radius 1 is 1.23 bits per heavy atom. The van der Waals surface area contributed by atoms with Gasteiger partial charge in [-0.2, -0.15) is 0 Å². The molecule has 0 aliphatic rings. The predicted octanol–water partition coefficient (Wildman–Crippen LogP) is 1.38. The van der Waals surface area contributed by atoms with E-state index in [2.05, 4.69) is 0 Å². The van der Waals surface area contributed by atoms with E-state index in [1.54, 1.807) is 0 Å². The summed E-state index contributed by atoms with van der Waals surface area (Å²) in [6.45, 7) is 1.30. The number of aliphatic hydroxyl groups is 2. The van der Waals surface area contributed by atoms with Crippen LogP contribution in [0.4, 0.5) is 8.78 Å². The van der Waals surface area contributed by atoms with Crippen LogP contribution in [0, 0.1) is 11.6 Å². The fraction of sp³-hybridized carbons (Fsp3) is 0.333. The molecule has 1 rings (SSSR count). The first kappa shape index (κ1) is 10.1. The first-order valence-corrected chi connectivity index (χ1v) is 3.83. The summed E-state index contributed by atoms with van der Waals surface area (Å²) >= 11 is 0. The Bertz CT molecular complexity index is 300. The van der Waals surface area contributed by atoms with Crippen molar-refractivity contribution >= 4 is 0 Å². The standard InChI is InChI=1S/C9H10F2O2/c1-5(12)9(13)7-4-6(10)2-3-8(7)11/h2-5,9,12-13H,1H3. The molecular weight excluding hydrogens is 178 g/mol. The molecule has 1 aromatic rings. The summed E-state index contributed by atoms with van der Waals surface area (Å²) in [7, 11) is 0. The lowest BCUT2D eigenvalue weighted by atomic mass is 10.0. The summed E-state index contributed by atoms with van der Waals surface area (Å²) in [6, 6.07) is 2.73. The fourth-order valence-electron chi connectivity index (χ4n) is 1.00. The maximum absolute atomic E-state index is 12.9. The minimum Gasteiger partial charge on any atom is -0.390 e. The zero-order chi connectivity index (χ0) is 10.0. The summed E-state index contributed by atoms with van der Waals surface area (Å²) < 4.78 is 25.6. The summed E-state index contributed by atoms with van der Waals surface area (Å²) in [5.41, 5.74) is -0.227. The molecular formula is C9H10F2O2. The van der Waals surface area contributed by atoms with Crippen LogP contribution < -0.4 is 0 Å². The molecule has 4 heteroatoms. The SMILES string of the molecule is CC(O)C(O)c1cc(F)ccc1F. The van der Waals surface area contributed by atoms with E-state index in [-0.39, 0.29) is 5.56 Å². The van der Waals surface area contributed by atoms with Crippen molar-refractivity contribution in [2.75, 3.05) is 0 Å². The van der Waals surface area contributed by atoms with Gasteiger partial charge >= 0.3 is 0 Å². The monoisotopic (exact) mass is 188 g/mol. The maximum atomic E-state index is 12.9. The highest BCUT2D eigenvalue weighted by Crippen LogP contribution is 2.20. The molecule has 1 aromatic carbocycles. The van der Waals surface area contributed by atoms with Crippen molar-refractivity contribution in [3.05, 3.63) is 35.4 Å². The van der Waals surface area contributed by atoms with Crippen LogP contribution in [0.2, 0.25) is 0 Å². The molecule has 0 bridgehead atoms. The number of hydrogen-bond donors (Lipinski definition) is 2. The van der Waals surface area contributed by atoms with Gasteiger partial charge in [-0.25, -0.2) is 8.78 Å². The summed E-state index contributed by atoms with van der Waals surface area (Å²) in [6.07, 6.45) is -2.52. The first-order valence-electron chi connectivity index (χ1n) is 3.83. The molecule has 0 amide bonds. The van der Waals surface area contributed by atoms with E-state index in [1.807, 2.05) is 0 Å². The fourth-order valence-corrected chi connectivity index (χ4v) is 1.00. The molecule has 0 aliphatic heterocycles. The molecule has 0 radical (unpaired) electrons. The van der Waals surface area contributed by atoms with E-state index in [4.69, 9.17) is 5.11 Å².